The summed E-state index contributed by atoms with van der Waals surface area (Å²) in [6, 6.07) is 0. The molecule has 1 aliphatic rings. The number of amides is 2. The van der Waals surface area contributed by atoms with E-state index in [1.807, 2.05) is 6.92 Å². The van der Waals surface area contributed by atoms with Crippen LogP contribution in [0.1, 0.15) is 79.7 Å². The number of nitrogens with zero attached hydrogens (tertiary/aromatic N) is 3. The van der Waals surface area contributed by atoms with Crippen molar-refractivity contribution in [2.75, 3.05) is 14.1 Å². The molecule has 1 saturated carbocycles. The lowest BCUT2D eigenvalue weighted by Gasteiger charge is -2.39. The van der Waals surface area contributed by atoms with E-state index in [0.29, 0.717) is 6.42 Å². The third kappa shape index (κ3) is 4.52. The third-order valence-corrected chi connectivity index (χ3v) is 8.21. The predicted molar refractivity (Wildman–Crippen MR) is 120 cm³/mol. The van der Waals surface area contributed by atoms with Gasteiger partial charge in [-0.25, -0.2) is 4.99 Å². The maximum absolute atomic E-state index is 13.5. The minimum Gasteiger partial charge on any atom is -0.349 e. The molecule has 1 fully saturated rings. The molecule has 1 aromatic rings. The lowest BCUT2D eigenvalue weighted by Crippen LogP contribution is -2.45. The minimum atomic E-state index is -0.637. The molecule has 1 aromatic heterocycles. The number of aromatic nitrogens is 1. The van der Waals surface area contributed by atoms with Crippen molar-refractivity contribution in [3.8, 4) is 0 Å². The van der Waals surface area contributed by atoms with Gasteiger partial charge in [-0.2, -0.15) is 0 Å². The Hall–Kier alpha value is -1.43. The van der Waals surface area contributed by atoms with Gasteiger partial charge in [0.1, 0.15) is 4.67 Å². The lowest BCUT2D eigenvalue weighted by atomic mass is 9.65. The van der Waals surface area contributed by atoms with Crippen molar-refractivity contribution in [3.05, 3.63) is 16.4 Å². The van der Waals surface area contributed by atoms with Crippen LogP contribution in [0.2, 0.25) is 0 Å². The van der Waals surface area contributed by atoms with Crippen LogP contribution in [0.15, 0.2) is 11.2 Å². The number of rotatable bonds is 5. The standard InChI is InChI=1S/C23H39N3O2S/c1-10-11-12-16-15-26(21(2,3)4)29-18(16)24-20(28)23(7)14-13-17(22(23,5)6)19(27)25(8)9/h15,17H,10-14H2,1-9H3/t17-,23+/m1/s1. The number of carbonyl (C=O) groups is 2. The Morgan fingerprint density at radius 1 is 1.28 bits per heavy atom. The molecule has 0 aliphatic heterocycles. The molecule has 0 spiro atoms. The fourth-order valence-electron chi connectivity index (χ4n) is 4.18. The highest BCUT2D eigenvalue weighted by atomic mass is 32.1. The van der Waals surface area contributed by atoms with Gasteiger partial charge in [-0.1, -0.05) is 34.1 Å². The van der Waals surface area contributed by atoms with Crippen molar-refractivity contribution >= 4 is 23.3 Å². The highest BCUT2D eigenvalue weighted by molar-refractivity contribution is 7.04. The quantitative estimate of drug-likeness (QED) is 0.697. The highest BCUT2D eigenvalue weighted by Gasteiger charge is 2.58. The van der Waals surface area contributed by atoms with Crippen LogP contribution in [0.5, 0.6) is 0 Å². The number of hydrogen-bond donors (Lipinski definition) is 0. The molecule has 29 heavy (non-hydrogen) atoms. The first-order valence-corrected chi connectivity index (χ1v) is 11.6. The number of hydrogen-bond acceptors (Lipinski definition) is 3. The second-order valence-electron chi connectivity index (χ2n) is 10.4. The molecule has 2 rings (SSSR count). The van der Waals surface area contributed by atoms with Gasteiger partial charge in [0.05, 0.1) is 5.41 Å². The van der Waals surface area contributed by atoms with Gasteiger partial charge in [-0.05, 0) is 63.4 Å². The Kier molecular flexibility index (Phi) is 6.88. The van der Waals surface area contributed by atoms with Gasteiger partial charge in [0, 0.05) is 37.3 Å². The smallest absolute Gasteiger partial charge is 0.253 e. The third-order valence-electron chi connectivity index (χ3n) is 6.83. The van der Waals surface area contributed by atoms with Crippen LogP contribution in [-0.4, -0.2) is 34.8 Å². The predicted octanol–water partition coefficient (Wildman–Crippen LogP) is 4.61. The SMILES string of the molecule is CCCCc1cn(C(C)(C)C)sc1=NC(=O)[C@]1(C)CC[C@H](C(=O)N(C)C)C1(C)C. The lowest BCUT2D eigenvalue weighted by molar-refractivity contribution is -0.140. The van der Waals surface area contributed by atoms with Crippen molar-refractivity contribution in [1.29, 1.82) is 0 Å². The molecule has 0 N–H and O–H groups in total. The summed E-state index contributed by atoms with van der Waals surface area (Å²) in [5, 5.41) is 0. The molecule has 2 atom stereocenters. The van der Waals surface area contributed by atoms with E-state index in [9.17, 15) is 9.59 Å². The Morgan fingerprint density at radius 2 is 1.90 bits per heavy atom. The Labute approximate surface area is 180 Å². The van der Waals surface area contributed by atoms with Crippen molar-refractivity contribution < 1.29 is 9.59 Å². The van der Waals surface area contributed by atoms with E-state index in [4.69, 9.17) is 0 Å². The summed E-state index contributed by atoms with van der Waals surface area (Å²) in [5.74, 6) is -0.127. The number of aryl methyl sites for hydroxylation is 1. The van der Waals surface area contributed by atoms with Crippen LogP contribution in [0.25, 0.3) is 0 Å². The minimum absolute atomic E-state index is 0.0395. The molecule has 0 unspecified atom stereocenters. The fourth-order valence-corrected chi connectivity index (χ4v) is 5.21. The van der Waals surface area contributed by atoms with Crippen molar-refractivity contribution in [3.63, 3.8) is 0 Å². The first kappa shape index (κ1) is 23.8. The zero-order valence-corrected chi connectivity index (χ0v) is 20.6. The van der Waals surface area contributed by atoms with Crippen LogP contribution in [0, 0.1) is 16.7 Å². The van der Waals surface area contributed by atoms with Gasteiger partial charge in [0.15, 0.2) is 0 Å². The fraction of sp³-hybridized carbons (Fsp3) is 0.783. The zero-order chi connectivity index (χ0) is 22.2. The van der Waals surface area contributed by atoms with Crippen LogP contribution in [-0.2, 0) is 21.5 Å². The van der Waals surface area contributed by atoms with Gasteiger partial charge >= 0.3 is 0 Å². The van der Waals surface area contributed by atoms with Gasteiger partial charge in [0.2, 0.25) is 5.91 Å². The summed E-state index contributed by atoms with van der Waals surface area (Å²) in [4.78, 5) is 32.5. The molecule has 2 amide bonds. The van der Waals surface area contributed by atoms with Gasteiger partial charge in [-0.3, -0.25) is 13.5 Å². The summed E-state index contributed by atoms with van der Waals surface area (Å²) in [7, 11) is 3.58. The molecule has 0 radical (unpaired) electrons. The number of carbonyl (C=O) groups excluding carboxylic acids is 2. The topological polar surface area (TPSA) is 54.7 Å². The molecular weight excluding hydrogens is 382 g/mol. The molecule has 0 bridgehead atoms. The molecule has 164 valence electrons. The molecular formula is C23H39N3O2S. The van der Waals surface area contributed by atoms with Crippen LogP contribution in [0.3, 0.4) is 0 Å². The molecule has 6 heteroatoms. The van der Waals surface area contributed by atoms with Gasteiger partial charge in [0.25, 0.3) is 5.91 Å². The maximum Gasteiger partial charge on any atom is 0.253 e. The van der Waals surface area contributed by atoms with E-state index < -0.39 is 10.8 Å². The van der Waals surface area contributed by atoms with Crippen molar-refractivity contribution in [2.45, 2.75) is 86.1 Å². The Balaban J connectivity index is 2.45. The van der Waals surface area contributed by atoms with E-state index in [0.717, 1.165) is 35.9 Å². The summed E-state index contributed by atoms with van der Waals surface area (Å²) in [6.45, 7) is 14.8. The molecule has 0 saturated heterocycles. The van der Waals surface area contributed by atoms with E-state index in [-0.39, 0.29) is 23.3 Å². The van der Waals surface area contributed by atoms with Crippen LogP contribution >= 0.6 is 11.5 Å². The van der Waals surface area contributed by atoms with Gasteiger partial charge in [-0.15, -0.1) is 0 Å². The van der Waals surface area contributed by atoms with E-state index >= 15 is 0 Å². The summed E-state index contributed by atoms with van der Waals surface area (Å²) in [6.07, 6.45) is 6.72. The number of unbranched alkanes of at least 4 members (excludes halogenated alkanes) is 1. The van der Waals surface area contributed by atoms with E-state index in [1.165, 1.54) is 0 Å². The normalized spacial score (nSPS) is 24.7. The summed E-state index contributed by atoms with van der Waals surface area (Å²) < 4.78 is 3.03. The first-order valence-electron chi connectivity index (χ1n) is 10.8. The first-order chi connectivity index (χ1) is 13.3. The second-order valence-corrected chi connectivity index (χ2v) is 11.4. The molecule has 1 heterocycles. The van der Waals surface area contributed by atoms with Crippen LogP contribution in [0.4, 0.5) is 0 Å². The highest BCUT2D eigenvalue weighted by Crippen LogP contribution is 2.56. The second kappa shape index (κ2) is 8.37. The van der Waals surface area contributed by atoms with Crippen molar-refractivity contribution in [2.24, 2.45) is 21.7 Å². The average Bonchev–Trinajstić information content (AvgIpc) is 3.11. The maximum atomic E-state index is 13.5. The largest absolute Gasteiger partial charge is 0.349 e. The summed E-state index contributed by atoms with van der Waals surface area (Å²) >= 11 is 1.57. The van der Waals surface area contributed by atoms with Gasteiger partial charge < -0.3 is 4.90 Å². The van der Waals surface area contributed by atoms with Crippen LogP contribution < -0.4 is 4.67 Å². The Morgan fingerprint density at radius 3 is 2.41 bits per heavy atom. The molecule has 5 nitrogen and oxygen atoms in total. The van der Waals surface area contributed by atoms with E-state index in [2.05, 4.69) is 56.7 Å². The molecule has 0 aromatic carbocycles. The molecule has 1 aliphatic carbocycles. The zero-order valence-electron chi connectivity index (χ0n) is 19.8. The summed E-state index contributed by atoms with van der Waals surface area (Å²) in [5.41, 5.74) is 0.0420. The monoisotopic (exact) mass is 421 g/mol. The van der Waals surface area contributed by atoms with Crippen molar-refractivity contribution in [1.82, 2.24) is 8.86 Å². The Bertz CT molecular complexity index is 826. The average molecular weight is 422 g/mol. The van der Waals surface area contributed by atoms with E-state index in [1.54, 1.807) is 30.5 Å².